The lowest BCUT2D eigenvalue weighted by Gasteiger charge is -2.09. The summed E-state index contributed by atoms with van der Waals surface area (Å²) in [4.78, 5) is 4.13. The molecule has 3 nitrogen and oxygen atoms in total. The lowest BCUT2D eigenvalue weighted by atomic mass is 10.1. The van der Waals surface area contributed by atoms with Gasteiger partial charge in [-0.3, -0.25) is 0 Å². The van der Waals surface area contributed by atoms with Crippen molar-refractivity contribution in [3.8, 4) is 0 Å². The smallest absolute Gasteiger partial charge is 0.151 e. The molecule has 0 fully saturated rings. The average molecular weight is 296 g/mol. The molecule has 0 atom stereocenters. The third-order valence-electron chi connectivity index (χ3n) is 2.71. The Hall–Kier alpha value is -1.45. The summed E-state index contributed by atoms with van der Waals surface area (Å²) in [6.45, 7) is 2.16. The molecule has 0 spiro atoms. The Labute approximate surface area is 122 Å². The van der Waals surface area contributed by atoms with Crippen LogP contribution >= 0.6 is 23.2 Å². The molecule has 0 bridgehead atoms. The lowest BCUT2D eigenvalue weighted by Crippen LogP contribution is -1.99. The van der Waals surface area contributed by atoms with E-state index in [0.29, 0.717) is 15.9 Å². The van der Waals surface area contributed by atoms with Crippen LogP contribution in [-0.4, -0.2) is 4.98 Å². The van der Waals surface area contributed by atoms with Gasteiger partial charge in [-0.05, 0) is 30.2 Å². The van der Waals surface area contributed by atoms with Gasteiger partial charge in [0.05, 0.1) is 10.0 Å². The van der Waals surface area contributed by atoms with E-state index >= 15 is 0 Å². The summed E-state index contributed by atoms with van der Waals surface area (Å²) in [5.74, 6) is 0.767. The van der Waals surface area contributed by atoms with E-state index in [-0.39, 0.29) is 5.82 Å². The van der Waals surface area contributed by atoms with Crippen LogP contribution in [0, 0.1) is 0 Å². The van der Waals surface area contributed by atoms with E-state index in [1.165, 1.54) is 5.56 Å². The molecule has 1 heterocycles. The molecular formula is C14H15Cl2N3. The van der Waals surface area contributed by atoms with Crippen LogP contribution in [0.25, 0.3) is 0 Å². The highest BCUT2D eigenvalue weighted by molar-refractivity contribution is 6.37. The predicted octanol–water partition coefficient (Wildman–Crippen LogP) is 4.67. The number of anilines is 3. The zero-order valence-electron chi connectivity index (χ0n) is 10.6. The summed E-state index contributed by atoms with van der Waals surface area (Å²) in [6.07, 6.45) is 2.21. The topological polar surface area (TPSA) is 50.9 Å². The summed E-state index contributed by atoms with van der Waals surface area (Å²) in [7, 11) is 0. The van der Waals surface area contributed by atoms with Crippen LogP contribution in [0.1, 0.15) is 18.9 Å². The highest BCUT2D eigenvalue weighted by Gasteiger charge is 2.07. The second kappa shape index (κ2) is 6.13. The molecule has 0 unspecified atom stereocenters. The van der Waals surface area contributed by atoms with Crippen LogP contribution in [-0.2, 0) is 6.42 Å². The number of nitrogen functional groups attached to an aromatic ring is 1. The van der Waals surface area contributed by atoms with Crippen molar-refractivity contribution in [2.45, 2.75) is 19.8 Å². The minimum Gasteiger partial charge on any atom is -0.382 e. The molecule has 0 saturated carbocycles. The van der Waals surface area contributed by atoms with Gasteiger partial charge in [0.25, 0.3) is 0 Å². The van der Waals surface area contributed by atoms with Crippen molar-refractivity contribution in [2.24, 2.45) is 0 Å². The van der Waals surface area contributed by atoms with Crippen molar-refractivity contribution in [1.82, 2.24) is 4.98 Å². The number of halogens is 2. The zero-order chi connectivity index (χ0) is 13.8. The lowest BCUT2D eigenvalue weighted by molar-refractivity contribution is 0.922. The number of hydrogen-bond donors (Lipinski definition) is 2. The van der Waals surface area contributed by atoms with Gasteiger partial charge < -0.3 is 11.1 Å². The van der Waals surface area contributed by atoms with Gasteiger partial charge in [-0.15, -0.1) is 0 Å². The number of nitrogens with zero attached hydrogens (tertiary/aromatic N) is 1. The first-order chi connectivity index (χ1) is 9.10. The minimum atomic E-state index is 0.260. The third-order valence-corrected chi connectivity index (χ3v) is 3.30. The van der Waals surface area contributed by atoms with Crippen molar-refractivity contribution < 1.29 is 0 Å². The second-order valence-corrected chi connectivity index (χ2v) is 5.07. The monoisotopic (exact) mass is 295 g/mol. The van der Waals surface area contributed by atoms with Crippen molar-refractivity contribution in [3.63, 3.8) is 0 Å². The molecule has 0 radical (unpaired) electrons. The van der Waals surface area contributed by atoms with E-state index < -0.39 is 0 Å². The van der Waals surface area contributed by atoms with E-state index in [1.807, 2.05) is 12.1 Å². The van der Waals surface area contributed by atoms with Crippen LogP contribution < -0.4 is 11.1 Å². The Kier molecular flexibility index (Phi) is 4.51. The summed E-state index contributed by atoms with van der Waals surface area (Å²) in [5.41, 5.74) is 7.89. The molecule has 2 rings (SSSR count). The third kappa shape index (κ3) is 3.52. The number of rotatable bonds is 4. The normalized spacial score (nSPS) is 10.5. The Morgan fingerprint density at radius 1 is 1.16 bits per heavy atom. The first kappa shape index (κ1) is 14.0. The number of benzene rings is 1. The van der Waals surface area contributed by atoms with Crippen LogP contribution in [0.4, 0.5) is 17.3 Å². The van der Waals surface area contributed by atoms with Gasteiger partial charge in [0.15, 0.2) is 5.82 Å². The molecule has 0 saturated heterocycles. The molecule has 2 aromatic rings. The zero-order valence-corrected chi connectivity index (χ0v) is 12.1. The number of nitrogens with two attached hydrogens (primary N) is 1. The fourth-order valence-electron chi connectivity index (χ4n) is 1.75. The summed E-state index contributed by atoms with van der Waals surface area (Å²) in [5, 5.41) is 3.92. The maximum absolute atomic E-state index is 6.07. The van der Waals surface area contributed by atoms with Crippen molar-refractivity contribution >= 4 is 40.5 Å². The first-order valence-electron chi connectivity index (χ1n) is 6.07. The van der Waals surface area contributed by atoms with E-state index in [9.17, 15) is 0 Å². The first-order valence-corrected chi connectivity index (χ1v) is 6.83. The van der Waals surface area contributed by atoms with Crippen molar-refractivity contribution in [1.29, 1.82) is 0 Å². The number of pyridine rings is 1. The van der Waals surface area contributed by atoms with Gasteiger partial charge in [-0.2, -0.15) is 0 Å². The highest BCUT2D eigenvalue weighted by atomic mass is 35.5. The summed E-state index contributed by atoms with van der Waals surface area (Å²) >= 11 is 11.9. The van der Waals surface area contributed by atoms with E-state index in [1.54, 1.807) is 6.07 Å². The highest BCUT2D eigenvalue weighted by Crippen LogP contribution is 2.29. The van der Waals surface area contributed by atoms with Gasteiger partial charge in [-0.25, -0.2) is 4.98 Å². The summed E-state index contributed by atoms with van der Waals surface area (Å²) < 4.78 is 0. The van der Waals surface area contributed by atoms with Crippen LogP contribution in [0.3, 0.4) is 0 Å². The maximum Gasteiger partial charge on any atom is 0.151 e. The molecule has 3 N–H and O–H groups in total. The Bertz CT molecular complexity index is 568. The fourth-order valence-corrected chi connectivity index (χ4v) is 2.15. The van der Waals surface area contributed by atoms with Gasteiger partial charge in [0, 0.05) is 5.69 Å². The molecule has 19 heavy (non-hydrogen) atoms. The van der Waals surface area contributed by atoms with Gasteiger partial charge >= 0.3 is 0 Å². The van der Waals surface area contributed by atoms with Gasteiger partial charge in [0.1, 0.15) is 5.82 Å². The SMILES string of the molecule is CCCc1ccc(Nc2nc(N)c(Cl)cc2Cl)cc1. The maximum atomic E-state index is 6.07. The van der Waals surface area contributed by atoms with E-state index in [0.717, 1.165) is 18.5 Å². The quantitative estimate of drug-likeness (QED) is 0.862. The number of aromatic nitrogens is 1. The summed E-state index contributed by atoms with van der Waals surface area (Å²) in [6, 6.07) is 9.73. The largest absolute Gasteiger partial charge is 0.382 e. The van der Waals surface area contributed by atoms with Crippen LogP contribution in [0.5, 0.6) is 0 Å². The Morgan fingerprint density at radius 2 is 1.84 bits per heavy atom. The van der Waals surface area contributed by atoms with Gasteiger partial charge in [-0.1, -0.05) is 48.7 Å². The predicted molar refractivity (Wildman–Crippen MR) is 82.4 cm³/mol. The molecule has 0 aliphatic heterocycles. The number of nitrogens with one attached hydrogen (secondary N) is 1. The molecular weight excluding hydrogens is 281 g/mol. The van der Waals surface area contributed by atoms with Crippen LogP contribution in [0.2, 0.25) is 10.0 Å². The van der Waals surface area contributed by atoms with Gasteiger partial charge in [0.2, 0.25) is 0 Å². The molecule has 1 aromatic carbocycles. The molecule has 0 aliphatic carbocycles. The Morgan fingerprint density at radius 3 is 2.47 bits per heavy atom. The number of hydrogen-bond acceptors (Lipinski definition) is 3. The van der Waals surface area contributed by atoms with Crippen LogP contribution in [0.15, 0.2) is 30.3 Å². The second-order valence-electron chi connectivity index (χ2n) is 4.26. The van der Waals surface area contributed by atoms with E-state index in [2.05, 4.69) is 29.4 Å². The molecule has 0 amide bonds. The average Bonchev–Trinajstić information content (AvgIpc) is 2.38. The fraction of sp³-hybridized carbons (Fsp3) is 0.214. The number of aryl methyl sites for hydroxylation is 1. The molecule has 1 aromatic heterocycles. The molecule has 0 aliphatic rings. The molecule has 100 valence electrons. The Balaban J connectivity index is 2.19. The minimum absolute atomic E-state index is 0.260. The molecule has 5 heteroatoms. The van der Waals surface area contributed by atoms with Crippen molar-refractivity contribution in [2.75, 3.05) is 11.1 Å². The standard InChI is InChI=1S/C14H15Cl2N3/c1-2-3-9-4-6-10(7-5-9)18-14-12(16)8-11(15)13(17)19-14/h4-8H,2-3H2,1H3,(H3,17,18,19). The van der Waals surface area contributed by atoms with E-state index in [4.69, 9.17) is 28.9 Å². The van der Waals surface area contributed by atoms with Crippen molar-refractivity contribution in [3.05, 3.63) is 45.9 Å².